The summed E-state index contributed by atoms with van der Waals surface area (Å²) in [6.07, 6.45) is 1.61. The quantitative estimate of drug-likeness (QED) is 0.148. The van der Waals surface area contributed by atoms with Crippen LogP contribution in [0.15, 0.2) is 76.3 Å². The highest BCUT2D eigenvalue weighted by molar-refractivity contribution is 9.10. The molecule has 0 saturated carbocycles. The topological polar surface area (TPSA) is 95.5 Å². The second kappa shape index (κ2) is 13.3. The molecule has 0 spiro atoms. The van der Waals surface area contributed by atoms with Gasteiger partial charge in [0, 0.05) is 4.47 Å². The summed E-state index contributed by atoms with van der Waals surface area (Å²) in [5, 5.41) is 3.97. The van der Waals surface area contributed by atoms with Crippen LogP contribution < -0.4 is 24.4 Å². The second-order valence-corrected chi connectivity index (χ2v) is 8.54. The Morgan fingerprint density at radius 1 is 1.00 bits per heavy atom. The number of nitrogens with one attached hydrogen (secondary N) is 1. The van der Waals surface area contributed by atoms with Crippen LogP contribution in [0.3, 0.4) is 0 Å². The van der Waals surface area contributed by atoms with E-state index in [-0.39, 0.29) is 5.75 Å². The summed E-state index contributed by atoms with van der Waals surface area (Å²) in [5.41, 5.74) is 3.46. The number of hydrazone groups is 1. The summed E-state index contributed by atoms with van der Waals surface area (Å²) < 4.78 is 22.9. The first-order valence-corrected chi connectivity index (χ1v) is 12.1. The first kappa shape index (κ1) is 26.7. The number of carbonyl (C=O) groups is 2. The van der Waals surface area contributed by atoms with E-state index < -0.39 is 18.0 Å². The highest BCUT2D eigenvalue weighted by atomic mass is 79.9. The Kier molecular flexibility index (Phi) is 9.88. The van der Waals surface area contributed by atoms with E-state index in [4.69, 9.17) is 18.9 Å². The summed E-state index contributed by atoms with van der Waals surface area (Å²) >= 11 is 3.35. The van der Waals surface area contributed by atoms with Crippen molar-refractivity contribution in [1.82, 2.24) is 5.43 Å². The maximum Gasteiger partial charge on any atom is 0.343 e. The summed E-state index contributed by atoms with van der Waals surface area (Å²) in [4.78, 5) is 24.8. The number of hydrogen-bond acceptors (Lipinski definition) is 7. The first-order valence-electron chi connectivity index (χ1n) is 11.3. The summed E-state index contributed by atoms with van der Waals surface area (Å²) in [6.45, 7) is 4.26. The van der Waals surface area contributed by atoms with Crippen LogP contribution in [0.4, 0.5) is 0 Å². The molecule has 0 aliphatic carbocycles. The van der Waals surface area contributed by atoms with Crippen molar-refractivity contribution < 1.29 is 28.5 Å². The Morgan fingerprint density at radius 3 is 2.36 bits per heavy atom. The molecular formula is C27H27BrN2O6. The number of hydrogen-bond donors (Lipinski definition) is 1. The molecule has 0 aliphatic heterocycles. The van der Waals surface area contributed by atoms with Gasteiger partial charge in [0.05, 0.1) is 25.5 Å². The summed E-state index contributed by atoms with van der Waals surface area (Å²) in [6, 6.07) is 18.8. The van der Waals surface area contributed by atoms with Crippen molar-refractivity contribution in [3.8, 4) is 23.0 Å². The third-order valence-electron chi connectivity index (χ3n) is 4.84. The zero-order valence-electron chi connectivity index (χ0n) is 20.2. The van der Waals surface area contributed by atoms with E-state index in [1.807, 2.05) is 19.1 Å². The summed E-state index contributed by atoms with van der Waals surface area (Å²) in [5.74, 6) is 0.929. The van der Waals surface area contributed by atoms with Crippen LogP contribution in [-0.2, 0) is 4.79 Å². The number of carbonyl (C=O) groups excluding carboxylic acids is 2. The number of esters is 1. The number of ether oxygens (including phenoxy) is 4. The number of rotatable bonds is 11. The van der Waals surface area contributed by atoms with E-state index in [9.17, 15) is 9.59 Å². The molecule has 0 bridgehead atoms. The van der Waals surface area contributed by atoms with Gasteiger partial charge in [-0.3, -0.25) is 4.79 Å². The monoisotopic (exact) mass is 554 g/mol. The van der Waals surface area contributed by atoms with Crippen LogP contribution in [-0.4, -0.2) is 37.9 Å². The van der Waals surface area contributed by atoms with Gasteiger partial charge < -0.3 is 18.9 Å². The molecule has 1 amide bonds. The molecular weight excluding hydrogens is 528 g/mol. The van der Waals surface area contributed by atoms with Crippen LogP contribution in [0.2, 0.25) is 0 Å². The average molecular weight is 555 g/mol. The SMILES string of the molecule is CCCOc1ccc(C(=O)Oc2ccc(C=NNC(=O)C(C)Oc3ccc(Br)cc3)cc2OC)cc1. The Hall–Kier alpha value is -3.85. The largest absolute Gasteiger partial charge is 0.494 e. The molecule has 0 aromatic heterocycles. The zero-order valence-corrected chi connectivity index (χ0v) is 21.8. The number of nitrogens with zero attached hydrogens (tertiary/aromatic N) is 1. The van der Waals surface area contributed by atoms with Crippen molar-refractivity contribution in [2.45, 2.75) is 26.4 Å². The van der Waals surface area contributed by atoms with Crippen LogP contribution >= 0.6 is 15.9 Å². The first-order chi connectivity index (χ1) is 17.4. The lowest BCUT2D eigenvalue weighted by Gasteiger charge is -2.13. The fourth-order valence-electron chi connectivity index (χ4n) is 2.95. The molecule has 3 aromatic carbocycles. The van der Waals surface area contributed by atoms with Crippen LogP contribution in [0.25, 0.3) is 0 Å². The predicted molar refractivity (Wildman–Crippen MR) is 140 cm³/mol. The lowest BCUT2D eigenvalue weighted by atomic mass is 10.2. The minimum absolute atomic E-state index is 0.256. The van der Waals surface area contributed by atoms with Crippen molar-refractivity contribution in [3.05, 3.63) is 82.3 Å². The molecule has 0 saturated heterocycles. The Bertz CT molecular complexity index is 1200. The van der Waals surface area contributed by atoms with E-state index >= 15 is 0 Å². The molecule has 8 nitrogen and oxygen atoms in total. The van der Waals surface area contributed by atoms with E-state index in [1.54, 1.807) is 61.5 Å². The smallest absolute Gasteiger partial charge is 0.343 e. The lowest BCUT2D eigenvalue weighted by Crippen LogP contribution is -2.33. The molecule has 3 aromatic rings. The average Bonchev–Trinajstić information content (AvgIpc) is 2.89. The number of benzene rings is 3. The molecule has 36 heavy (non-hydrogen) atoms. The minimum Gasteiger partial charge on any atom is -0.494 e. The van der Waals surface area contributed by atoms with Crippen LogP contribution in [0.5, 0.6) is 23.0 Å². The highest BCUT2D eigenvalue weighted by Gasteiger charge is 2.15. The van der Waals surface area contributed by atoms with Gasteiger partial charge in [-0.2, -0.15) is 5.10 Å². The fourth-order valence-corrected chi connectivity index (χ4v) is 3.21. The van der Waals surface area contributed by atoms with Gasteiger partial charge in [-0.05, 0) is 85.6 Å². The number of halogens is 1. The van der Waals surface area contributed by atoms with Crippen LogP contribution in [0, 0.1) is 0 Å². The van der Waals surface area contributed by atoms with Crippen LogP contribution in [0.1, 0.15) is 36.2 Å². The van der Waals surface area contributed by atoms with E-state index in [0.717, 1.165) is 10.9 Å². The molecule has 0 fully saturated rings. The second-order valence-electron chi connectivity index (χ2n) is 7.62. The van der Waals surface area contributed by atoms with E-state index in [1.165, 1.54) is 13.3 Å². The Morgan fingerprint density at radius 2 is 1.69 bits per heavy atom. The molecule has 3 rings (SSSR count). The zero-order chi connectivity index (χ0) is 25.9. The molecule has 9 heteroatoms. The molecule has 1 atom stereocenters. The lowest BCUT2D eigenvalue weighted by molar-refractivity contribution is -0.127. The minimum atomic E-state index is -0.744. The maximum atomic E-state index is 12.5. The molecule has 1 N–H and O–H groups in total. The number of amides is 1. The van der Waals surface area contributed by atoms with Gasteiger partial charge in [-0.1, -0.05) is 22.9 Å². The fraction of sp³-hybridized carbons (Fsp3) is 0.222. The van der Waals surface area contributed by atoms with Gasteiger partial charge in [0.15, 0.2) is 17.6 Å². The normalized spacial score (nSPS) is 11.6. The van der Waals surface area contributed by atoms with E-state index in [0.29, 0.717) is 35.0 Å². The van der Waals surface area contributed by atoms with Gasteiger partial charge in [-0.25, -0.2) is 10.2 Å². The standard InChI is InChI=1S/C27H27BrN2O6/c1-4-15-34-22-10-6-20(7-11-22)27(32)36-24-14-5-19(16-25(24)33-3)17-29-30-26(31)18(2)35-23-12-8-21(28)9-13-23/h5-14,16-18H,4,15H2,1-3H3,(H,30,31). The Balaban J connectivity index is 1.57. The molecule has 1 unspecified atom stereocenters. The number of methoxy groups -OCH3 is 1. The molecule has 0 aliphatic rings. The third-order valence-corrected chi connectivity index (χ3v) is 5.37. The van der Waals surface area contributed by atoms with Crippen molar-refractivity contribution in [1.29, 1.82) is 0 Å². The maximum absolute atomic E-state index is 12.5. The molecule has 0 radical (unpaired) electrons. The van der Waals surface area contributed by atoms with Gasteiger partial charge in [0.1, 0.15) is 11.5 Å². The van der Waals surface area contributed by atoms with Gasteiger partial charge in [-0.15, -0.1) is 0 Å². The molecule has 0 heterocycles. The van der Waals surface area contributed by atoms with Crippen molar-refractivity contribution in [3.63, 3.8) is 0 Å². The Labute approximate surface area is 218 Å². The van der Waals surface area contributed by atoms with Gasteiger partial charge in [0.2, 0.25) is 0 Å². The molecule has 188 valence electrons. The third kappa shape index (κ3) is 7.84. The highest BCUT2D eigenvalue weighted by Crippen LogP contribution is 2.28. The van der Waals surface area contributed by atoms with Crippen molar-refractivity contribution in [2.24, 2.45) is 5.10 Å². The predicted octanol–water partition coefficient (Wildman–Crippen LogP) is 5.38. The van der Waals surface area contributed by atoms with Gasteiger partial charge in [0.25, 0.3) is 5.91 Å². The van der Waals surface area contributed by atoms with Gasteiger partial charge >= 0.3 is 5.97 Å². The van der Waals surface area contributed by atoms with Crippen molar-refractivity contribution in [2.75, 3.05) is 13.7 Å². The van der Waals surface area contributed by atoms with E-state index in [2.05, 4.69) is 26.5 Å². The summed E-state index contributed by atoms with van der Waals surface area (Å²) in [7, 11) is 1.47. The van der Waals surface area contributed by atoms with Crippen molar-refractivity contribution >= 4 is 34.0 Å².